The fourth-order valence-electron chi connectivity index (χ4n) is 1.59. The average molecular weight is 246 g/mol. The van der Waals surface area contributed by atoms with Crippen LogP contribution in [0.3, 0.4) is 0 Å². The van der Waals surface area contributed by atoms with Gasteiger partial charge in [-0.3, -0.25) is 0 Å². The molecule has 2 rings (SSSR count). The third-order valence-corrected chi connectivity index (χ3v) is 2.82. The number of aromatic nitrogens is 2. The summed E-state index contributed by atoms with van der Waals surface area (Å²) in [6.07, 6.45) is 1.51. The number of nitrogens with zero attached hydrogens (tertiary/aromatic N) is 2. The molecule has 0 saturated heterocycles. The monoisotopic (exact) mass is 246 g/mol. The summed E-state index contributed by atoms with van der Waals surface area (Å²) in [5, 5.41) is 13.4. The van der Waals surface area contributed by atoms with Crippen molar-refractivity contribution in [3.63, 3.8) is 0 Å². The van der Waals surface area contributed by atoms with E-state index in [2.05, 4.69) is 15.3 Å². The van der Waals surface area contributed by atoms with E-state index < -0.39 is 0 Å². The summed E-state index contributed by atoms with van der Waals surface area (Å²) in [4.78, 5) is 8.42. The number of aliphatic hydroxyl groups is 1. The molecular formula is C13H18N4O. The van der Waals surface area contributed by atoms with Gasteiger partial charge in [0.2, 0.25) is 0 Å². The van der Waals surface area contributed by atoms with E-state index in [0.29, 0.717) is 12.2 Å². The van der Waals surface area contributed by atoms with Crippen LogP contribution in [0.25, 0.3) is 10.9 Å². The number of benzene rings is 1. The van der Waals surface area contributed by atoms with Crippen molar-refractivity contribution < 1.29 is 5.11 Å². The van der Waals surface area contributed by atoms with Gasteiger partial charge >= 0.3 is 0 Å². The molecule has 0 unspecified atom stereocenters. The van der Waals surface area contributed by atoms with E-state index in [1.807, 2.05) is 32.0 Å². The smallest absolute Gasteiger partial charge is 0.137 e. The number of fused-ring (bicyclic) bond motifs is 1. The molecule has 0 fully saturated rings. The van der Waals surface area contributed by atoms with Gasteiger partial charge in [0.15, 0.2) is 0 Å². The number of anilines is 2. The first-order valence-corrected chi connectivity index (χ1v) is 5.87. The zero-order valence-electron chi connectivity index (χ0n) is 10.6. The van der Waals surface area contributed by atoms with Crippen LogP contribution < -0.4 is 11.1 Å². The molecule has 5 nitrogen and oxygen atoms in total. The maximum Gasteiger partial charge on any atom is 0.137 e. The summed E-state index contributed by atoms with van der Waals surface area (Å²) in [7, 11) is 0. The molecule has 0 aliphatic heterocycles. The number of nitrogens with one attached hydrogen (secondary N) is 1. The van der Waals surface area contributed by atoms with Gasteiger partial charge in [0.1, 0.15) is 12.1 Å². The van der Waals surface area contributed by atoms with Gasteiger partial charge in [-0.15, -0.1) is 0 Å². The Morgan fingerprint density at radius 3 is 2.83 bits per heavy atom. The predicted molar refractivity (Wildman–Crippen MR) is 73.3 cm³/mol. The summed E-state index contributed by atoms with van der Waals surface area (Å²) >= 11 is 0. The molecule has 0 spiro atoms. The molecule has 1 heterocycles. The Labute approximate surface area is 106 Å². The lowest BCUT2D eigenvalue weighted by atomic mass is 9.95. The van der Waals surface area contributed by atoms with Crippen molar-refractivity contribution >= 4 is 22.4 Å². The van der Waals surface area contributed by atoms with Crippen molar-refractivity contribution in [1.82, 2.24) is 9.97 Å². The van der Waals surface area contributed by atoms with Crippen molar-refractivity contribution in [2.75, 3.05) is 24.2 Å². The zero-order valence-corrected chi connectivity index (χ0v) is 10.6. The Bertz CT molecular complexity index is 554. The molecule has 0 aliphatic carbocycles. The molecule has 0 saturated carbocycles. The lowest BCUT2D eigenvalue weighted by Crippen LogP contribution is -2.27. The molecule has 0 atom stereocenters. The van der Waals surface area contributed by atoms with Gasteiger partial charge in [-0.1, -0.05) is 13.8 Å². The van der Waals surface area contributed by atoms with Gasteiger partial charge in [0, 0.05) is 29.6 Å². The van der Waals surface area contributed by atoms with E-state index in [1.165, 1.54) is 6.33 Å². The molecule has 0 amide bonds. The van der Waals surface area contributed by atoms with Crippen molar-refractivity contribution in [3.8, 4) is 0 Å². The molecule has 96 valence electrons. The van der Waals surface area contributed by atoms with Gasteiger partial charge in [-0.2, -0.15) is 0 Å². The van der Waals surface area contributed by atoms with Gasteiger partial charge in [0.25, 0.3) is 0 Å². The number of nitrogens with two attached hydrogens (primary N) is 1. The number of hydrogen-bond donors (Lipinski definition) is 3. The van der Waals surface area contributed by atoms with Crippen molar-refractivity contribution in [2.24, 2.45) is 5.41 Å². The fourth-order valence-corrected chi connectivity index (χ4v) is 1.59. The summed E-state index contributed by atoms with van der Waals surface area (Å²) < 4.78 is 0. The average Bonchev–Trinajstić information content (AvgIpc) is 2.36. The normalized spacial score (nSPS) is 11.7. The van der Waals surface area contributed by atoms with Crippen molar-refractivity contribution in [1.29, 1.82) is 0 Å². The quantitative estimate of drug-likeness (QED) is 0.714. The molecule has 5 heteroatoms. The van der Waals surface area contributed by atoms with Crippen LogP contribution in [-0.4, -0.2) is 28.2 Å². The molecule has 0 aliphatic rings. The minimum absolute atomic E-state index is 0.121. The topological polar surface area (TPSA) is 84.1 Å². The lowest BCUT2D eigenvalue weighted by molar-refractivity contribution is 0.171. The van der Waals surface area contributed by atoms with E-state index in [0.717, 1.165) is 16.7 Å². The molecule has 2 aromatic rings. The van der Waals surface area contributed by atoms with E-state index in [9.17, 15) is 5.11 Å². The first kappa shape index (κ1) is 12.6. The number of hydrogen-bond acceptors (Lipinski definition) is 5. The second-order valence-electron chi connectivity index (χ2n) is 5.17. The first-order chi connectivity index (χ1) is 8.52. The second kappa shape index (κ2) is 4.78. The number of aliphatic hydroxyl groups excluding tert-OH is 1. The summed E-state index contributed by atoms with van der Waals surface area (Å²) in [6.45, 7) is 4.73. The lowest BCUT2D eigenvalue weighted by Gasteiger charge is -2.22. The Hall–Kier alpha value is -1.88. The largest absolute Gasteiger partial charge is 0.399 e. The van der Waals surface area contributed by atoms with E-state index in [1.54, 1.807) is 0 Å². The Morgan fingerprint density at radius 2 is 2.11 bits per heavy atom. The van der Waals surface area contributed by atoms with Crippen LogP contribution in [0.1, 0.15) is 13.8 Å². The minimum Gasteiger partial charge on any atom is -0.399 e. The molecule has 18 heavy (non-hydrogen) atoms. The first-order valence-electron chi connectivity index (χ1n) is 5.87. The van der Waals surface area contributed by atoms with Crippen LogP contribution in [0.15, 0.2) is 24.5 Å². The van der Waals surface area contributed by atoms with E-state index in [-0.39, 0.29) is 12.0 Å². The molecule has 0 bridgehead atoms. The van der Waals surface area contributed by atoms with Gasteiger partial charge in [-0.05, 0) is 18.2 Å². The van der Waals surface area contributed by atoms with Gasteiger partial charge in [-0.25, -0.2) is 9.97 Å². The van der Waals surface area contributed by atoms with Gasteiger partial charge in [0.05, 0.1) is 5.52 Å². The molecule has 4 N–H and O–H groups in total. The zero-order chi connectivity index (χ0) is 13.2. The molecule has 1 aromatic heterocycles. The van der Waals surface area contributed by atoms with E-state index in [4.69, 9.17) is 5.73 Å². The van der Waals surface area contributed by atoms with Crippen LogP contribution >= 0.6 is 0 Å². The summed E-state index contributed by atoms with van der Waals surface area (Å²) in [5.41, 5.74) is 7.03. The molecule has 1 aromatic carbocycles. The maximum absolute atomic E-state index is 9.23. The standard InChI is InChI=1S/C13H18N4O/c1-13(2,7-18)6-15-12-10-4-3-9(14)5-11(10)16-8-17-12/h3-5,8,18H,6-7,14H2,1-2H3,(H,15,16,17). The van der Waals surface area contributed by atoms with Crippen molar-refractivity contribution in [2.45, 2.75) is 13.8 Å². The Balaban J connectivity index is 2.29. The second-order valence-corrected chi connectivity index (χ2v) is 5.17. The van der Waals surface area contributed by atoms with Crippen molar-refractivity contribution in [3.05, 3.63) is 24.5 Å². The molecular weight excluding hydrogens is 228 g/mol. The van der Waals surface area contributed by atoms with Crippen LogP contribution in [0.5, 0.6) is 0 Å². The van der Waals surface area contributed by atoms with Crippen LogP contribution in [0.4, 0.5) is 11.5 Å². The number of nitrogen functional groups attached to an aromatic ring is 1. The highest BCUT2D eigenvalue weighted by Crippen LogP contribution is 2.22. The van der Waals surface area contributed by atoms with Crippen LogP contribution in [-0.2, 0) is 0 Å². The Morgan fingerprint density at radius 1 is 1.33 bits per heavy atom. The highest BCUT2D eigenvalue weighted by Gasteiger charge is 2.16. The van der Waals surface area contributed by atoms with Crippen LogP contribution in [0, 0.1) is 5.41 Å². The summed E-state index contributed by atoms with van der Waals surface area (Å²) in [5.74, 6) is 0.765. The third-order valence-electron chi connectivity index (χ3n) is 2.82. The number of rotatable bonds is 4. The summed E-state index contributed by atoms with van der Waals surface area (Å²) in [6, 6.07) is 5.55. The third kappa shape index (κ3) is 2.68. The Kier molecular flexibility index (Phi) is 3.34. The maximum atomic E-state index is 9.23. The van der Waals surface area contributed by atoms with Gasteiger partial charge < -0.3 is 16.2 Å². The highest BCUT2D eigenvalue weighted by atomic mass is 16.3. The predicted octanol–water partition coefficient (Wildman–Crippen LogP) is 1.64. The SMILES string of the molecule is CC(C)(CO)CNc1ncnc2cc(N)ccc12. The van der Waals surface area contributed by atoms with Crippen LogP contribution in [0.2, 0.25) is 0 Å². The fraction of sp³-hybridized carbons (Fsp3) is 0.385. The van der Waals surface area contributed by atoms with E-state index >= 15 is 0 Å². The molecule has 0 radical (unpaired) electrons. The highest BCUT2D eigenvalue weighted by molar-refractivity contribution is 5.90. The minimum atomic E-state index is -0.189.